The minimum absolute atomic E-state index is 0.522. The predicted octanol–water partition coefficient (Wildman–Crippen LogP) is 5.08. The molecule has 1 aromatic carbocycles. The second-order valence-corrected chi connectivity index (χ2v) is 5.27. The monoisotopic (exact) mass is 269 g/mol. The molecule has 0 saturated heterocycles. The van der Waals surface area contributed by atoms with Crippen LogP contribution in [0.2, 0.25) is 0 Å². The van der Waals surface area contributed by atoms with Gasteiger partial charge in [0.15, 0.2) is 0 Å². The number of hydrogen-bond donors (Lipinski definition) is 1. The van der Waals surface area contributed by atoms with E-state index in [1.807, 2.05) is 19.1 Å². The molecule has 2 aromatic rings. The van der Waals surface area contributed by atoms with Crippen LogP contribution in [0.15, 0.2) is 47.0 Å². The standard InChI is InChI=1S/C18H23NO/c1-6-16(19-7-2)13(5)18-11-15-10-14(12(3)4)8-9-17(15)20-18/h6,8-12,19H,5,7H2,1-4H3/b16-6-. The Bertz CT molecular complexity index is 646. The Hall–Kier alpha value is -1.96. The third-order valence-corrected chi connectivity index (χ3v) is 3.49. The van der Waals surface area contributed by atoms with Crippen molar-refractivity contribution in [3.8, 4) is 0 Å². The highest BCUT2D eigenvalue weighted by Crippen LogP contribution is 2.29. The van der Waals surface area contributed by atoms with Crippen LogP contribution in [0.4, 0.5) is 0 Å². The van der Waals surface area contributed by atoms with Gasteiger partial charge in [-0.05, 0) is 43.5 Å². The molecule has 0 aliphatic carbocycles. The van der Waals surface area contributed by atoms with Crippen LogP contribution in [0, 0.1) is 0 Å². The lowest BCUT2D eigenvalue weighted by Gasteiger charge is -2.09. The summed E-state index contributed by atoms with van der Waals surface area (Å²) in [5.74, 6) is 1.35. The number of allylic oxidation sites excluding steroid dienone is 2. The van der Waals surface area contributed by atoms with E-state index < -0.39 is 0 Å². The van der Waals surface area contributed by atoms with Gasteiger partial charge in [0.2, 0.25) is 0 Å². The Balaban J connectivity index is 2.39. The second kappa shape index (κ2) is 6.00. The Morgan fingerprint density at radius 2 is 2.10 bits per heavy atom. The maximum Gasteiger partial charge on any atom is 0.136 e. The summed E-state index contributed by atoms with van der Waals surface area (Å²) < 4.78 is 5.91. The van der Waals surface area contributed by atoms with Gasteiger partial charge < -0.3 is 9.73 Å². The van der Waals surface area contributed by atoms with E-state index in [9.17, 15) is 0 Å². The van der Waals surface area contributed by atoms with Gasteiger partial charge in [0, 0.05) is 23.2 Å². The van der Waals surface area contributed by atoms with Crippen molar-refractivity contribution in [3.05, 3.63) is 53.9 Å². The summed E-state index contributed by atoms with van der Waals surface area (Å²) >= 11 is 0. The fraction of sp³-hybridized carbons (Fsp3) is 0.333. The topological polar surface area (TPSA) is 25.2 Å². The fourth-order valence-electron chi connectivity index (χ4n) is 2.28. The number of likely N-dealkylation sites (N-methyl/N-ethyl adjacent to an activating group) is 1. The molecule has 2 rings (SSSR count). The summed E-state index contributed by atoms with van der Waals surface area (Å²) in [7, 11) is 0. The molecule has 2 heteroatoms. The Morgan fingerprint density at radius 3 is 2.70 bits per heavy atom. The average Bonchev–Trinajstić information content (AvgIpc) is 2.86. The van der Waals surface area contributed by atoms with Gasteiger partial charge in [-0.3, -0.25) is 0 Å². The summed E-state index contributed by atoms with van der Waals surface area (Å²) in [6, 6.07) is 8.45. The van der Waals surface area contributed by atoms with Crippen molar-refractivity contribution in [1.82, 2.24) is 5.32 Å². The number of furan rings is 1. The van der Waals surface area contributed by atoms with E-state index in [-0.39, 0.29) is 0 Å². The van der Waals surface area contributed by atoms with Crippen molar-refractivity contribution in [2.24, 2.45) is 0 Å². The zero-order valence-corrected chi connectivity index (χ0v) is 12.8. The molecular weight excluding hydrogens is 246 g/mol. The molecule has 0 saturated carbocycles. The van der Waals surface area contributed by atoms with Gasteiger partial charge in [0.25, 0.3) is 0 Å². The number of benzene rings is 1. The van der Waals surface area contributed by atoms with Crippen LogP contribution in [0.1, 0.15) is 44.9 Å². The van der Waals surface area contributed by atoms with Crippen LogP contribution in [0.25, 0.3) is 16.5 Å². The van der Waals surface area contributed by atoms with Gasteiger partial charge >= 0.3 is 0 Å². The van der Waals surface area contributed by atoms with E-state index in [2.05, 4.69) is 50.9 Å². The third kappa shape index (κ3) is 2.79. The fourth-order valence-corrected chi connectivity index (χ4v) is 2.28. The number of fused-ring (bicyclic) bond motifs is 1. The van der Waals surface area contributed by atoms with Crippen LogP contribution in [-0.4, -0.2) is 6.54 Å². The second-order valence-electron chi connectivity index (χ2n) is 5.27. The quantitative estimate of drug-likeness (QED) is 0.765. The highest BCUT2D eigenvalue weighted by atomic mass is 16.3. The summed E-state index contributed by atoms with van der Waals surface area (Å²) in [6.07, 6.45) is 2.03. The molecule has 1 aromatic heterocycles. The molecule has 1 N–H and O–H groups in total. The molecule has 0 aliphatic rings. The first-order chi connectivity index (χ1) is 9.56. The number of rotatable bonds is 5. The largest absolute Gasteiger partial charge is 0.456 e. The van der Waals surface area contributed by atoms with E-state index >= 15 is 0 Å². The van der Waals surface area contributed by atoms with Gasteiger partial charge in [0.1, 0.15) is 11.3 Å². The maximum atomic E-state index is 5.91. The summed E-state index contributed by atoms with van der Waals surface area (Å²) in [4.78, 5) is 0. The lowest BCUT2D eigenvalue weighted by molar-refractivity contribution is 0.598. The molecule has 2 nitrogen and oxygen atoms in total. The Morgan fingerprint density at radius 1 is 1.35 bits per heavy atom. The van der Waals surface area contributed by atoms with E-state index in [0.29, 0.717) is 5.92 Å². The molecule has 0 atom stereocenters. The lowest BCUT2D eigenvalue weighted by Crippen LogP contribution is -2.12. The zero-order chi connectivity index (χ0) is 14.7. The van der Waals surface area contributed by atoms with E-state index in [4.69, 9.17) is 4.42 Å². The normalized spacial score (nSPS) is 12.2. The van der Waals surface area contributed by atoms with Crippen molar-refractivity contribution < 1.29 is 4.42 Å². The van der Waals surface area contributed by atoms with Crippen molar-refractivity contribution in [3.63, 3.8) is 0 Å². The number of nitrogens with one attached hydrogen (secondary N) is 1. The van der Waals surface area contributed by atoms with Crippen LogP contribution in [-0.2, 0) is 0 Å². The first-order valence-corrected chi connectivity index (χ1v) is 7.20. The van der Waals surface area contributed by atoms with Gasteiger partial charge in [-0.1, -0.05) is 32.6 Å². The van der Waals surface area contributed by atoms with E-state index in [1.165, 1.54) is 5.56 Å². The van der Waals surface area contributed by atoms with Crippen molar-refractivity contribution in [2.75, 3.05) is 6.54 Å². The van der Waals surface area contributed by atoms with Crippen molar-refractivity contribution >= 4 is 16.5 Å². The molecule has 0 radical (unpaired) electrons. The molecule has 0 unspecified atom stereocenters. The maximum absolute atomic E-state index is 5.91. The van der Waals surface area contributed by atoms with Gasteiger partial charge in [0.05, 0.1) is 0 Å². The molecule has 0 amide bonds. The highest BCUT2D eigenvalue weighted by molar-refractivity contribution is 5.85. The highest BCUT2D eigenvalue weighted by Gasteiger charge is 2.11. The smallest absolute Gasteiger partial charge is 0.136 e. The van der Waals surface area contributed by atoms with Gasteiger partial charge in [-0.15, -0.1) is 0 Å². The van der Waals surface area contributed by atoms with Crippen LogP contribution >= 0.6 is 0 Å². The molecule has 0 bridgehead atoms. The average molecular weight is 269 g/mol. The molecule has 0 aliphatic heterocycles. The molecule has 1 heterocycles. The molecule has 0 spiro atoms. The predicted molar refractivity (Wildman–Crippen MR) is 86.8 cm³/mol. The lowest BCUT2D eigenvalue weighted by atomic mass is 10.0. The minimum atomic E-state index is 0.522. The SMILES string of the molecule is C=C(/C(=C/C)NCC)c1cc2cc(C(C)C)ccc2o1. The van der Waals surface area contributed by atoms with E-state index in [0.717, 1.165) is 34.5 Å². The van der Waals surface area contributed by atoms with Crippen LogP contribution in [0.5, 0.6) is 0 Å². The molecule has 106 valence electrons. The Kier molecular flexibility index (Phi) is 4.33. The number of hydrogen-bond acceptors (Lipinski definition) is 2. The van der Waals surface area contributed by atoms with Crippen molar-refractivity contribution in [1.29, 1.82) is 0 Å². The molecule has 0 fully saturated rings. The minimum Gasteiger partial charge on any atom is -0.456 e. The van der Waals surface area contributed by atoms with E-state index in [1.54, 1.807) is 0 Å². The van der Waals surface area contributed by atoms with Crippen molar-refractivity contribution in [2.45, 2.75) is 33.6 Å². The third-order valence-electron chi connectivity index (χ3n) is 3.49. The molecule has 20 heavy (non-hydrogen) atoms. The van der Waals surface area contributed by atoms with Crippen LogP contribution in [0.3, 0.4) is 0 Å². The molecular formula is C18H23NO. The summed E-state index contributed by atoms with van der Waals surface area (Å²) in [6.45, 7) is 13.5. The van der Waals surface area contributed by atoms with Gasteiger partial charge in [-0.25, -0.2) is 0 Å². The first-order valence-electron chi connectivity index (χ1n) is 7.20. The first kappa shape index (κ1) is 14.4. The summed E-state index contributed by atoms with van der Waals surface area (Å²) in [5, 5.41) is 4.44. The zero-order valence-electron chi connectivity index (χ0n) is 12.8. The van der Waals surface area contributed by atoms with Crippen LogP contribution < -0.4 is 5.32 Å². The Labute approximate surface area is 121 Å². The summed E-state index contributed by atoms with van der Waals surface area (Å²) in [5.41, 5.74) is 4.16. The van der Waals surface area contributed by atoms with Gasteiger partial charge in [-0.2, -0.15) is 0 Å².